The fourth-order valence-corrected chi connectivity index (χ4v) is 2.81. The Morgan fingerprint density at radius 3 is 2.83 bits per heavy atom. The van der Waals surface area contributed by atoms with Crippen LogP contribution < -0.4 is 10.6 Å². The first-order valence-corrected chi connectivity index (χ1v) is 7.63. The predicted molar refractivity (Wildman–Crippen MR) is 89.9 cm³/mol. The summed E-state index contributed by atoms with van der Waals surface area (Å²) in [6.45, 7) is 9.04. The van der Waals surface area contributed by atoms with E-state index in [1.54, 1.807) is 0 Å². The highest BCUT2D eigenvalue weighted by atomic mass is 35.5. The first-order chi connectivity index (χ1) is 10.5. The molecule has 0 aliphatic carbocycles. The Morgan fingerprint density at radius 1 is 1.39 bits per heavy atom. The molecule has 0 radical (unpaired) electrons. The zero-order chi connectivity index (χ0) is 15.7. The van der Waals surface area contributed by atoms with Crippen LogP contribution in [0.2, 0.25) is 0 Å². The molecule has 8 heteroatoms. The maximum atomic E-state index is 12.3. The van der Waals surface area contributed by atoms with Crippen molar-refractivity contribution in [3.63, 3.8) is 0 Å². The minimum atomic E-state index is -0.129. The Kier molecular flexibility index (Phi) is 5.43. The molecule has 0 spiro atoms. The van der Waals surface area contributed by atoms with Gasteiger partial charge in [0.25, 0.3) is 5.91 Å². The van der Waals surface area contributed by atoms with Gasteiger partial charge in [-0.15, -0.1) is 12.4 Å². The summed E-state index contributed by atoms with van der Waals surface area (Å²) >= 11 is 0. The number of fused-ring (bicyclic) bond motifs is 1. The first-order valence-electron chi connectivity index (χ1n) is 7.63. The average molecular weight is 339 g/mol. The fourth-order valence-electron chi connectivity index (χ4n) is 2.81. The molecule has 126 valence electrons. The van der Waals surface area contributed by atoms with Crippen molar-refractivity contribution >= 4 is 18.3 Å². The highest BCUT2D eigenvalue weighted by Crippen LogP contribution is 2.11. The molecule has 3 rings (SSSR count). The molecule has 7 nitrogen and oxygen atoms in total. The lowest BCUT2D eigenvalue weighted by atomic mass is 10.3. The number of rotatable bonds is 4. The Hall–Kier alpha value is -1.86. The quantitative estimate of drug-likeness (QED) is 0.878. The van der Waals surface area contributed by atoms with Crippen LogP contribution in [-0.2, 0) is 13.1 Å². The van der Waals surface area contributed by atoms with Crippen LogP contribution in [-0.4, -0.2) is 38.6 Å². The number of carbonyl (C=O) groups excluding carboxylic acids is 1. The molecule has 3 heterocycles. The third-order valence-corrected chi connectivity index (χ3v) is 3.92. The first kappa shape index (κ1) is 17.5. The fraction of sp³-hybridized carbons (Fsp3) is 0.533. The maximum absolute atomic E-state index is 12.3. The second-order valence-corrected chi connectivity index (χ2v) is 5.85. The van der Waals surface area contributed by atoms with Gasteiger partial charge in [-0.1, -0.05) is 0 Å². The molecule has 2 N–H and O–H groups in total. The van der Waals surface area contributed by atoms with Gasteiger partial charge in [0.15, 0.2) is 0 Å². The summed E-state index contributed by atoms with van der Waals surface area (Å²) in [6.07, 6.45) is 0. The van der Waals surface area contributed by atoms with E-state index in [2.05, 4.69) is 20.8 Å². The van der Waals surface area contributed by atoms with Crippen LogP contribution in [0.25, 0.3) is 0 Å². The van der Waals surface area contributed by atoms with Crippen LogP contribution >= 0.6 is 12.4 Å². The van der Waals surface area contributed by atoms with Gasteiger partial charge in [-0.25, -0.2) is 0 Å². The van der Waals surface area contributed by atoms with E-state index < -0.39 is 0 Å². The van der Waals surface area contributed by atoms with E-state index in [-0.39, 0.29) is 24.4 Å². The van der Waals surface area contributed by atoms with E-state index in [1.807, 2.05) is 42.3 Å². The Bertz CT molecular complexity index is 669. The standard InChI is InChI=1S/C15H22N6O.ClH/c1-10-6-11(2)21(18-10)12(3)8-17-15(22)14-7-13-9-16-4-5-20(13)19-14;/h6-7,12,16H,4-5,8-9H2,1-3H3,(H,17,22);1H. The summed E-state index contributed by atoms with van der Waals surface area (Å²) in [5.41, 5.74) is 3.63. The number of aryl methyl sites for hydroxylation is 2. The van der Waals surface area contributed by atoms with Crippen LogP contribution in [0.4, 0.5) is 0 Å². The smallest absolute Gasteiger partial charge is 0.271 e. The van der Waals surface area contributed by atoms with Gasteiger partial charge in [-0.3, -0.25) is 14.2 Å². The number of nitrogens with zero attached hydrogens (tertiary/aromatic N) is 4. The number of halogens is 1. The van der Waals surface area contributed by atoms with Crippen LogP contribution in [0.1, 0.15) is 40.5 Å². The zero-order valence-corrected chi connectivity index (χ0v) is 14.5. The molecular formula is C15H23ClN6O. The summed E-state index contributed by atoms with van der Waals surface area (Å²) in [6, 6.07) is 4.00. The molecule has 1 unspecified atom stereocenters. The van der Waals surface area contributed by atoms with E-state index >= 15 is 0 Å². The van der Waals surface area contributed by atoms with Gasteiger partial charge >= 0.3 is 0 Å². The van der Waals surface area contributed by atoms with Gasteiger partial charge < -0.3 is 10.6 Å². The van der Waals surface area contributed by atoms with Crippen LogP contribution in [0.15, 0.2) is 12.1 Å². The molecule has 0 saturated heterocycles. The molecule has 1 atom stereocenters. The van der Waals surface area contributed by atoms with Gasteiger partial charge in [0, 0.05) is 25.3 Å². The SMILES string of the molecule is Cc1cc(C)n(C(C)CNC(=O)c2cc3n(n2)CCNC3)n1.Cl. The molecule has 1 aliphatic rings. The molecule has 1 amide bonds. The average Bonchev–Trinajstić information content (AvgIpc) is 3.07. The Labute approximate surface area is 141 Å². The van der Waals surface area contributed by atoms with Crippen molar-refractivity contribution in [2.24, 2.45) is 0 Å². The molecule has 23 heavy (non-hydrogen) atoms. The number of hydrogen-bond donors (Lipinski definition) is 2. The third-order valence-electron chi connectivity index (χ3n) is 3.92. The Balaban J connectivity index is 0.00000192. The van der Waals surface area contributed by atoms with E-state index in [0.717, 1.165) is 36.7 Å². The van der Waals surface area contributed by atoms with Crippen molar-refractivity contribution in [2.45, 2.75) is 39.9 Å². The number of hydrogen-bond acceptors (Lipinski definition) is 4. The maximum Gasteiger partial charge on any atom is 0.271 e. The molecule has 0 aromatic carbocycles. The Morgan fingerprint density at radius 2 is 2.17 bits per heavy atom. The molecule has 1 aliphatic heterocycles. The largest absolute Gasteiger partial charge is 0.349 e. The van der Waals surface area contributed by atoms with Gasteiger partial charge in [0.1, 0.15) is 5.69 Å². The topological polar surface area (TPSA) is 76.8 Å². The van der Waals surface area contributed by atoms with Gasteiger partial charge in [-0.2, -0.15) is 10.2 Å². The molecular weight excluding hydrogens is 316 g/mol. The van der Waals surface area contributed by atoms with E-state index in [0.29, 0.717) is 12.2 Å². The van der Waals surface area contributed by atoms with E-state index in [4.69, 9.17) is 0 Å². The van der Waals surface area contributed by atoms with E-state index in [9.17, 15) is 4.79 Å². The minimum Gasteiger partial charge on any atom is -0.349 e. The summed E-state index contributed by atoms with van der Waals surface area (Å²) in [5, 5.41) is 15.0. The van der Waals surface area contributed by atoms with Gasteiger partial charge in [0.05, 0.1) is 24.0 Å². The van der Waals surface area contributed by atoms with Crippen molar-refractivity contribution in [2.75, 3.05) is 13.1 Å². The van der Waals surface area contributed by atoms with Crippen molar-refractivity contribution in [1.82, 2.24) is 30.2 Å². The summed E-state index contributed by atoms with van der Waals surface area (Å²) < 4.78 is 3.84. The summed E-state index contributed by atoms with van der Waals surface area (Å²) in [5.74, 6) is -0.129. The molecule has 2 aromatic heterocycles. The summed E-state index contributed by atoms with van der Waals surface area (Å²) in [7, 11) is 0. The lowest BCUT2D eigenvalue weighted by molar-refractivity contribution is 0.0942. The van der Waals surface area contributed by atoms with Crippen molar-refractivity contribution in [3.05, 3.63) is 34.9 Å². The zero-order valence-electron chi connectivity index (χ0n) is 13.7. The van der Waals surface area contributed by atoms with Gasteiger partial charge in [0.2, 0.25) is 0 Å². The highest BCUT2D eigenvalue weighted by Gasteiger charge is 2.17. The van der Waals surface area contributed by atoms with Crippen molar-refractivity contribution < 1.29 is 4.79 Å². The number of carbonyl (C=O) groups is 1. The number of nitrogens with one attached hydrogen (secondary N) is 2. The number of aromatic nitrogens is 4. The normalized spacial score (nSPS) is 14.7. The van der Waals surface area contributed by atoms with Crippen molar-refractivity contribution in [1.29, 1.82) is 0 Å². The molecule has 0 fully saturated rings. The minimum absolute atomic E-state index is 0. The van der Waals surface area contributed by atoms with Gasteiger partial charge in [-0.05, 0) is 32.9 Å². The van der Waals surface area contributed by atoms with E-state index in [1.165, 1.54) is 0 Å². The molecule has 0 saturated carbocycles. The highest BCUT2D eigenvalue weighted by molar-refractivity contribution is 5.92. The number of amides is 1. The van der Waals surface area contributed by atoms with Crippen LogP contribution in [0.3, 0.4) is 0 Å². The third kappa shape index (κ3) is 3.73. The second kappa shape index (κ2) is 7.14. The lowest BCUT2D eigenvalue weighted by Crippen LogP contribution is -2.31. The van der Waals surface area contributed by atoms with Crippen molar-refractivity contribution in [3.8, 4) is 0 Å². The van der Waals surface area contributed by atoms with Crippen LogP contribution in [0, 0.1) is 13.8 Å². The molecule has 2 aromatic rings. The molecule has 0 bridgehead atoms. The summed E-state index contributed by atoms with van der Waals surface area (Å²) in [4.78, 5) is 12.3. The monoisotopic (exact) mass is 338 g/mol. The predicted octanol–water partition coefficient (Wildman–Crippen LogP) is 1.21. The van der Waals surface area contributed by atoms with Crippen LogP contribution in [0.5, 0.6) is 0 Å². The second-order valence-electron chi connectivity index (χ2n) is 5.85. The lowest BCUT2D eigenvalue weighted by Gasteiger charge is -2.14.